The molecule has 0 saturated heterocycles. The fraction of sp³-hybridized carbons (Fsp3) is 1.00. The highest BCUT2D eigenvalue weighted by Gasteiger charge is 2.19. The van der Waals surface area contributed by atoms with Gasteiger partial charge in [0.25, 0.3) is 0 Å². The number of unbranched alkanes of at least 4 members (excludes halogenated alkanes) is 6. The van der Waals surface area contributed by atoms with Crippen molar-refractivity contribution in [2.75, 3.05) is 32.6 Å². The lowest BCUT2D eigenvalue weighted by Gasteiger charge is -2.34. The molecule has 0 heterocycles. The molecule has 0 unspecified atom stereocenters. The van der Waals surface area contributed by atoms with Gasteiger partial charge in [0.05, 0.1) is 32.6 Å². The number of quaternary nitrogens is 1. The van der Waals surface area contributed by atoms with Crippen LogP contribution in [0.25, 0.3) is 0 Å². The van der Waals surface area contributed by atoms with Crippen LogP contribution in [-0.4, -0.2) is 37.0 Å². The zero-order chi connectivity index (χ0) is 13.0. The maximum absolute atomic E-state index is 5.95. The predicted octanol–water partition coefficient (Wildman–Crippen LogP) is 4.83. The summed E-state index contributed by atoms with van der Waals surface area (Å²) in [5, 5.41) is 0. The predicted molar refractivity (Wildman–Crippen MR) is 79.8 cm³/mol. The molecule has 0 aromatic rings. The summed E-state index contributed by atoms with van der Waals surface area (Å²) in [4.78, 5) is 0. The fourth-order valence-electron chi connectivity index (χ4n) is 2.38. The molecular formula is C15H33ClN+. The van der Waals surface area contributed by atoms with E-state index < -0.39 is 0 Å². The molecule has 1 nitrogen and oxygen atoms in total. The number of rotatable bonds is 12. The summed E-state index contributed by atoms with van der Waals surface area (Å²) in [5.74, 6) is 0.804. The molecule has 17 heavy (non-hydrogen) atoms. The molecule has 0 bridgehead atoms. The van der Waals surface area contributed by atoms with E-state index in [2.05, 4.69) is 20.9 Å². The van der Waals surface area contributed by atoms with Crippen molar-refractivity contribution in [2.45, 2.75) is 65.2 Å². The summed E-state index contributed by atoms with van der Waals surface area (Å²) in [6.07, 6.45) is 11.0. The minimum Gasteiger partial charge on any atom is -0.325 e. The van der Waals surface area contributed by atoms with Gasteiger partial charge in [-0.2, -0.15) is 0 Å². The largest absolute Gasteiger partial charge is 0.325 e. The second kappa shape index (κ2) is 11.3. The smallest absolute Gasteiger partial charge is 0.0922 e. The second-order valence-electron chi connectivity index (χ2n) is 5.60. The van der Waals surface area contributed by atoms with Crippen LogP contribution in [0.2, 0.25) is 0 Å². The Kier molecular flexibility index (Phi) is 11.5. The number of nitrogens with zero attached hydrogens (tertiary/aromatic N) is 1. The maximum atomic E-state index is 5.95. The summed E-state index contributed by atoms with van der Waals surface area (Å²) in [7, 11) is 2.39. The first-order valence-electron chi connectivity index (χ1n) is 7.58. The van der Waals surface area contributed by atoms with Crippen molar-refractivity contribution in [3.05, 3.63) is 0 Å². The first-order chi connectivity index (χ1) is 8.18. The zero-order valence-electron chi connectivity index (χ0n) is 12.3. The van der Waals surface area contributed by atoms with Gasteiger partial charge in [-0.3, -0.25) is 0 Å². The highest BCUT2D eigenvalue weighted by atomic mass is 35.5. The molecular weight excluding hydrogens is 230 g/mol. The Morgan fingerprint density at radius 2 is 1.18 bits per heavy atom. The molecule has 0 fully saturated rings. The van der Waals surface area contributed by atoms with Gasteiger partial charge in [0, 0.05) is 0 Å². The molecule has 0 amide bonds. The van der Waals surface area contributed by atoms with E-state index in [1.807, 2.05) is 0 Å². The Morgan fingerprint density at radius 1 is 0.706 bits per heavy atom. The molecule has 0 aliphatic carbocycles. The standard InChI is InChI=1S/C15H33ClN/c1-4-6-8-10-13-17(3,15-12-16)14-11-9-7-5-2/h4-15H2,1-3H3/q+1. The van der Waals surface area contributed by atoms with Gasteiger partial charge < -0.3 is 4.48 Å². The van der Waals surface area contributed by atoms with Crippen molar-refractivity contribution < 1.29 is 4.48 Å². The van der Waals surface area contributed by atoms with Crippen LogP contribution in [-0.2, 0) is 0 Å². The van der Waals surface area contributed by atoms with Crippen LogP contribution in [0.3, 0.4) is 0 Å². The van der Waals surface area contributed by atoms with Crippen LogP contribution in [0.1, 0.15) is 65.2 Å². The van der Waals surface area contributed by atoms with Crippen molar-refractivity contribution in [2.24, 2.45) is 0 Å². The van der Waals surface area contributed by atoms with Crippen LogP contribution >= 0.6 is 11.6 Å². The summed E-state index contributed by atoms with van der Waals surface area (Å²) in [6, 6.07) is 0. The van der Waals surface area contributed by atoms with Gasteiger partial charge in [0.1, 0.15) is 0 Å². The van der Waals surface area contributed by atoms with Gasteiger partial charge in [-0.15, -0.1) is 11.6 Å². The van der Waals surface area contributed by atoms with E-state index >= 15 is 0 Å². The minimum absolute atomic E-state index is 0.804. The molecule has 0 rings (SSSR count). The quantitative estimate of drug-likeness (QED) is 0.268. The number of hydrogen-bond acceptors (Lipinski definition) is 0. The Morgan fingerprint density at radius 3 is 1.53 bits per heavy atom. The molecule has 0 spiro atoms. The Bertz CT molecular complexity index is 147. The number of halogens is 1. The molecule has 0 aromatic carbocycles. The fourth-order valence-corrected chi connectivity index (χ4v) is 2.79. The van der Waals surface area contributed by atoms with Crippen molar-refractivity contribution in [1.29, 1.82) is 0 Å². The molecule has 0 N–H and O–H groups in total. The molecule has 0 aliphatic rings. The van der Waals surface area contributed by atoms with Crippen LogP contribution in [0.15, 0.2) is 0 Å². The Balaban J connectivity index is 3.80. The van der Waals surface area contributed by atoms with Gasteiger partial charge in [-0.1, -0.05) is 39.5 Å². The molecule has 104 valence electrons. The molecule has 0 radical (unpaired) electrons. The van der Waals surface area contributed by atoms with Crippen LogP contribution in [0.4, 0.5) is 0 Å². The van der Waals surface area contributed by atoms with E-state index in [0.29, 0.717) is 0 Å². The summed E-state index contributed by atoms with van der Waals surface area (Å²) in [6.45, 7) is 8.33. The highest BCUT2D eigenvalue weighted by molar-refractivity contribution is 6.17. The summed E-state index contributed by atoms with van der Waals surface area (Å²) >= 11 is 5.95. The third kappa shape index (κ3) is 9.91. The van der Waals surface area contributed by atoms with Crippen LogP contribution in [0, 0.1) is 0 Å². The SMILES string of the molecule is CCCCCC[N+](C)(CCCl)CCCCCC. The van der Waals surface area contributed by atoms with Gasteiger partial charge in [0.2, 0.25) is 0 Å². The Labute approximate surface area is 114 Å². The number of alkyl halides is 1. The maximum Gasteiger partial charge on any atom is 0.0922 e. The van der Waals surface area contributed by atoms with Gasteiger partial charge >= 0.3 is 0 Å². The lowest BCUT2D eigenvalue weighted by atomic mass is 10.1. The van der Waals surface area contributed by atoms with E-state index in [-0.39, 0.29) is 0 Å². The normalized spacial score (nSPS) is 12.0. The van der Waals surface area contributed by atoms with Gasteiger partial charge in [-0.25, -0.2) is 0 Å². The van der Waals surface area contributed by atoms with E-state index in [1.54, 1.807) is 0 Å². The Hall–Kier alpha value is 0.250. The van der Waals surface area contributed by atoms with E-state index in [9.17, 15) is 0 Å². The van der Waals surface area contributed by atoms with Gasteiger partial charge in [-0.05, 0) is 25.7 Å². The summed E-state index contributed by atoms with van der Waals surface area (Å²) in [5.41, 5.74) is 0. The van der Waals surface area contributed by atoms with Crippen LogP contribution < -0.4 is 0 Å². The van der Waals surface area contributed by atoms with E-state index in [0.717, 1.165) is 12.4 Å². The average molecular weight is 263 g/mol. The topological polar surface area (TPSA) is 0 Å². The van der Waals surface area contributed by atoms with E-state index in [4.69, 9.17) is 11.6 Å². The van der Waals surface area contributed by atoms with Crippen molar-refractivity contribution >= 4 is 11.6 Å². The van der Waals surface area contributed by atoms with Crippen LogP contribution in [0.5, 0.6) is 0 Å². The first kappa shape index (κ1) is 17.2. The lowest BCUT2D eigenvalue weighted by Crippen LogP contribution is -2.47. The molecule has 0 saturated carbocycles. The molecule has 0 aliphatic heterocycles. The van der Waals surface area contributed by atoms with E-state index in [1.165, 1.54) is 68.9 Å². The number of hydrogen-bond donors (Lipinski definition) is 0. The third-order valence-electron chi connectivity index (χ3n) is 3.73. The first-order valence-corrected chi connectivity index (χ1v) is 8.11. The third-order valence-corrected chi connectivity index (χ3v) is 3.90. The zero-order valence-corrected chi connectivity index (χ0v) is 13.1. The van der Waals surface area contributed by atoms with Crippen molar-refractivity contribution in [3.63, 3.8) is 0 Å². The second-order valence-corrected chi connectivity index (χ2v) is 5.98. The highest BCUT2D eigenvalue weighted by Crippen LogP contribution is 2.12. The monoisotopic (exact) mass is 262 g/mol. The summed E-state index contributed by atoms with van der Waals surface area (Å²) < 4.78 is 1.19. The van der Waals surface area contributed by atoms with Crippen molar-refractivity contribution in [3.8, 4) is 0 Å². The van der Waals surface area contributed by atoms with Gasteiger partial charge in [0.15, 0.2) is 0 Å². The van der Waals surface area contributed by atoms with Crippen molar-refractivity contribution in [1.82, 2.24) is 0 Å². The molecule has 0 aromatic heterocycles. The minimum atomic E-state index is 0.804. The average Bonchev–Trinajstić information content (AvgIpc) is 2.31. The molecule has 0 atom stereocenters. The lowest BCUT2D eigenvalue weighted by molar-refractivity contribution is -0.907. The molecule has 2 heteroatoms.